The van der Waals surface area contributed by atoms with E-state index in [9.17, 15) is 9.59 Å². The minimum absolute atomic E-state index is 0.204. The van der Waals surface area contributed by atoms with Crippen molar-refractivity contribution in [1.82, 2.24) is 0 Å². The molecule has 5 heteroatoms. The van der Waals surface area contributed by atoms with Crippen molar-refractivity contribution in [2.24, 2.45) is 11.3 Å². The van der Waals surface area contributed by atoms with Crippen LogP contribution in [-0.4, -0.2) is 37.9 Å². The number of hydrogen-bond acceptors (Lipinski definition) is 5. The molecule has 0 saturated heterocycles. The largest absolute Gasteiger partial charge is 0.457 e. The van der Waals surface area contributed by atoms with Gasteiger partial charge in [0.2, 0.25) is 0 Å². The third-order valence-electron chi connectivity index (χ3n) is 3.00. The standard InChI is InChI=1S/C14H26O5/c1-9(8-17-7)18-13(16)11(3)19-12(15)10(2)14(4,5)6/h9-11H,8H2,1-7H3. The molecule has 3 atom stereocenters. The molecule has 0 radical (unpaired) electrons. The topological polar surface area (TPSA) is 61.8 Å². The van der Waals surface area contributed by atoms with Gasteiger partial charge in [-0.05, 0) is 19.3 Å². The lowest BCUT2D eigenvalue weighted by atomic mass is 9.82. The van der Waals surface area contributed by atoms with E-state index >= 15 is 0 Å². The van der Waals surface area contributed by atoms with Crippen LogP contribution in [0.2, 0.25) is 0 Å². The molecule has 112 valence electrons. The molecule has 0 rings (SSSR count). The fraction of sp³-hybridized carbons (Fsp3) is 0.857. The molecule has 0 aromatic rings. The van der Waals surface area contributed by atoms with Crippen molar-refractivity contribution in [3.63, 3.8) is 0 Å². The van der Waals surface area contributed by atoms with Crippen LogP contribution in [0, 0.1) is 11.3 Å². The maximum Gasteiger partial charge on any atom is 0.347 e. The van der Waals surface area contributed by atoms with Gasteiger partial charge in [-0.15, -0.1) is 0 Å². The average molecular weight is 274 g/mol. The first-order valence-corrected chi connectivity index (χ1v) is 6.49. The Kier molecular flexibility index (Phi) is 7.05. The molecule has 0 fully saturated rings. The highest BCUT2D eigenvalue weighted by Gasteiger charge is 2.31. The van der Waals surface area contributed by atoms with Crippen molar-refractivity contribution in [2.75, 3.05) is 13.7 Å². The lowest BCUT2D eigenvalue weighted by molar-refractivity contribution is -0.174. The van der Waals surface area contributed by atoms with Gasteiger partial charge >= 0.3 is 11.9 Å². The summed E-state index contributed by atoms with van der Waals surface area (Å²) < 4.78 is 15.1. The molecule has 5 nitrogen and oxygen atoms in total. The van der Waals surface area contributed by atoms with Crippen LogP contribution >= 0.6 is 0 Å². The average Bonchev–Trinajstić information content (AvgIpc) is 2.26. The SMILES string of the molecule is COCC(C)OC(=O)C(C)OC(=O)C(C)C(C)(C)C. The van der Waals surface area contributed by atoms with E-state index in [0.717, 1.165) is 0 Å². The van der Waals surface area contributed by atoms with E-state index in [4.69, 9.17) is 14.2 Å². The molecule has 0 aliphatic heterocycles. The van der Waals surface area contributed by atoms with E-state index < -0.39 is 18.0 Å². The Bertz CT molecular complexity index is 305. The summed E-state index contributed by atoms with van der Waals surface area (Å²) in [5.74, 6) is -1.24. The number of carbonyl (C=O) groups excluding carboxylic acids is 2. The Morgan fingerprint density at radius 1 is 1.00 bits per heavy atom. The molecule has 3 unspecified atom stereocenters. The van der Waals surface area contributed by atoms with Crippen molar-refractivity contribution in [1.29, 1.82) is 0 Å². The molecule has 0 bridgehead atoms. The van der Waals surface area contributed by atoms with E-state index in [1.807, 2.05) is 20.8 Å². The zero-order chi connectivity index (χ0) is 15.2. The first-order chi connectivity index (χ1) is 8.59. The predicted octanol–water partition coefficient (Wildman–Crippen LogP) is 2.18. The van der Waals surface area contributed by atoms with Crippen LogP contribution in [0.3, 0.4) is 0 Å². The van der Waals surface area contributed by atoms with E-state index in [-0.39, 0.29) is 17.4 Å². The van der Waals surface area contributed by atoms with Crippen molar-refractivity contribution >= 4 is 11.9 Å². The molecule has 0 aliphatic rings. The second-order valence-electron chi connectivity index (χ2n) is 5.87. The van der Waals surface area contributed by atoms with Crippen LogP contribution in [0.25, 0.3) is 0 Å². The van der Waals surface area contributed by atoms with Crippen molar-refractivity contribution < 1.29 is 23.8 Å². The number of carbonyl (C=O) groups is 2. The summed E-state index contributed by atoms with van der Waals surface area (Å²) >= 11 is 0. The Morgan fingerprint density at radius 3 is 1.95 bits per heavy atom. The van der Waals surface area contributed by atoms with Crippen LogP contribution < -0.4 is 0 Å². The fourth-order valence-electron chi connectivity index (χ4n) is 1.24. The molecule has 0 aromatic heterocycles. The highest BCUT2D eigenvalue weighted by atomic mass is 16.6. The normalized spacial score (nSPS) is 16.4. The lowest BCUT2D eigenvalue weighted by Crippen LogP contribution is -2.35. The van der Waals surface area contributed by atoms with Crippen LogP contribution in [-0.2, 0) is 23.8 Å². The zero-order valence-electron chi connectivity index (χ0n) is 13.0. The Hall–Kier alpha value is -1.10. The Morgan fingerprint density at radius 2 is 1.53 bits per heavy atom. The van der Waals surface area contributed by atoms with Gasteiger partial charge in [0.1, 0.15) is 6.10 Å². The summed E-state index contributed by atoms with van der Waals surface area (Å²) in [6, 6.07) is 0. The number of ether oxygens (including phenoxy) is 3. The van der Waals surface area contributed by atoms with E-state index in [2.05, 4.69) is 0 Å². The quantitative estimate of drug-likeness (QED) is 0.695. The maximum absolute atomic E-state index is 11.9. The summed E-state index contributed by atoms with van der Waals surface area (Å²) in [7, 11) is 1.53. The van der Waals surface area contributed by atoms with Gasteiger partial charge in [-0.2, -0.15) is 0 Å². The highest BCUT2D eigenvalue weighted by Crippen LogP contribution is 2.26. The van der Waals surface area contributed by atoms with Gasteiger partial charge in [0.15, 0.2) is 6.10 Å². The number of esters is 2. The minimum atomic E-state index is -0.906. The van der Waals surface area contributed by atoms with Gasteiger partial charge in [-0.3, -0.25) is 4.79 Å². The fourth-order valence-corrected chi connectivity index (χ4v) is 1.24. The van der Waals surface area contributed by atoms with Gasteiger partial charge < -0.3 is 14.2 Å². The summed E-state index contributed by atoms with van der Waals surface area (Å²) in [5, 5.41) is 0. The molecule has 19 heavy (non-hydrogen) atoms. The van der Waals surface area contributed by atoms with E-state index in [0.29, 0.717) is 6.61 Å². The van der Waals surface area contributed by atoms with Crippen LogP contribution in [0.1, 0.15) is 41.5 Å². The van der Waals surface area contributed by atoms with Crippen molar-refractivity contribution in [3.8, 4) is 0 Å². The zero-order valence-corrected chi connectivity index (χ0v) is 13.0. The molecule has 0 heterocycles. The molecule has 0 amide bonds. The monoisotopic (exact) mass is 274 g/mol. The molecular weight excluding hydrogens is 248 g/mol. The van der Waals surface area contributed by atoms with Gasteiger partial charge in [-0.25, -0.2) is 4.79 Å². The molecule has 0 aliphatic carbocycles. The lowest BCUT2D eigenvalue weighted by Gasteiger charge is -2.26. The van der Waals surface area contributed by atoms with Gasteiger partial charge in [0.25, 0.3) is 0 Å². The van der Waals surface area contributed by atoms with Crippen molar-refractivity contribution in [3.05, 3.63) is 0 Å². The first kappa shape index (κ1) is 17.9. The first-order valence-electron chi connectivity index (χ1n) is 6.49. The molecule has 0 saturated carbocycles. The third kappa shape index (κ3) is 6.57. The van der Waals surface area contributed by atoms with Gasteiger partial charge in [0.05, 0.1) is 12.5 Å². The van der Waals surface area contributed by atoms with Crippen LogP contribution in [0.15, 0.2) is 0 Å². The summed E-state index contributed by atoms with van der Waals surface area (Å²) in [6.07, 6.45) is -1.27. The highest BCUT2D eigenvalue weighted by molar-refractivity contribution is 5.80. The van der Waals surface area contributed by atoms with Gasteiger partial charge in [0, 0.05) is 7.11 Å². The third-order valence-corrected chi connectivity index (χ3v) is 3.00. The van der Waals surface area contributed by atoms with Crippen LogP contribution in [0.5, 0.6) is 0 Å². The maximum atomic E-state index is 11.9. The number of hydrogen-bond donors (Lipinski definition) is 0. The molecule has 0 spiro atoms. The summed E-state index contributed by atoms with van der Waals surface area (Å²) in [5.41, 5.74) is -0.204. The van der Waals surface area contributed by atoms with Crippen molar-refractivity contribution in [2.45, 2.75) is 53.8 Å². The molecule has 0 N–H and O–H groups in total. The summed E-state index contributed by atoms with van der Waals surface area (Å²) in [6.45, 7) is 11.2. The molecular formula is C14H26O5. The number of rotatable bonds is 6. The predicted molar refractivity (Wildman–Crippen MR) is 71.6 cm³/mol. The van der Waals surface area contributed by atoms with E-state index in [1.54, 1.807) is 13.8 Å². The smallest absolute Gasteiger partial charge is 0.347 e. The second kappa shape index (κ2) is 7.48. The minimum Gasteiger partial charge on any atom is -0.457 e. The van der Waals surface area contributed by atoms with E-state index in [1.165, 1.54) is 14.0 Å². The molecule has 0 aromatic carbocycles. The second-order valence-corrected chi connectivity index (χ2v) is 5.87. The van der Waals surface area contributed by atoms with Crippen LogP contribution in [0.4, 0.5) is 0 Å². The Labute approximate surface area is 115 Å². The van der Waals surface area contributed by atoms with Gasteiger partial charge in [-0.1, -0.05) is 27.7 Å². The summed E-state index contributed by atoms with van der Waals surface area (Å²) in [4.78, 5) is 23.5. The number of methoxy groups -OCH3 is 1. The Balaban J connectivity index is 4.33.